The highest BCUT2D eigenvalue weighted by molar-refractivity contribution is 9.10. The van der Waals surface area contributed by atoms with Crippen molar-refractivity contribution in [2.45, 2.75) is 6.04 Å². The Morgan fingerprint density at radius 3 is 3.06 bits per heavy atom. The predicted octanol–water partition coefficient (Wildman–Crippen LogP) is 2.15. The molecule has 2 rings (SSSR count). The van der Waals surface area contributed by atoms with Gasteiger partial charge in [-0.25, -0.2) is 4.79 Å². The summed E-state index contributed by atoms with van der Waals surface area (Å²) in [5.41, 5.74) is 1.15. The van der Waals surface area contributed by atoms with E-state index in [0.29, 0.717) is 12.5 Å². The second-order valence-corrected chi connectivity index (χ2v) is 4.88. The van der Waals surface area contributed by atoms with Gasteiger partial charge < -0.3 is 9.64 Å². The molecule has 1 aliphatic heterocycles. The Morgan fingerprint density at radius 1 is 1.61 bits per heavy atom. The fourth-order valence-corrected chi connectivity index (χ4v) is 2.28. The fourth-order valence-electron chi connectivity index (χ4n) is 1.87. The van der Waals surface area contributed by atoms with Crippen LogP contribution in [0.4, 0.5) is 4.79 Å². The first-order chi connectivity index (χ1) is 8.61. The summed E-state index contributed by atoms with van der Waals surface area (Å²) in [4.78, 5) is 17.4. The van der Waals surface area contributed by atoms with Gasteiger partial charge in [0.1, 0.15) is 0 Å². The summed E-state index contributed by atoms with van der Waals surface area (Å²) in [6.07, 6.45) is -0.504. The van der Waals surface area contributed by atoms with Crippen LogP contribution >= 0.6 is 15.9 Å². The minimum Gasteiger partial charge on any atom is -0.453 e. The molecule has 0 radical (unpaired) electrons. The van der Waals surface area contributed by atoms with E-state index in [1.54, 1.807) is 0 Å². The Hall–Kier alpha value is -1.56. The van der Waals surface area contributed by atoms with Crippen LogP contribution in [0.3, 0.4) is 0 Å². The summed E-state index contributed by atoms with van der Waals surface area (Å²) >= 11 is 3.45. The van der Waals surface area contributed by atoms with E-state index in [9.17, 15) is 4.79 Å². The number of nitrogens with zero attached hydrogens (tertiary/aromatic N) is 2. The largest absolute Gasteiger partial charge is 0.453 e. The van der Waals surface area contributed by atoms with Gasteiger partial charge in [-0.2, -0.15) is 0 Å². The van der Waals surface area contributed by atoms with Crippen LogP contribution in [0.5, 0.6) is 0 Å². The zero-order chi connectivity index (χ0) is 13.1. The molecule has 0 saturated carbocycles. The molecule has 0 saturated heterocycles. The van der Waals surface area contributed by atoms with Gasteiger partial charge in [0.2, 0.25) is 5.96 Å². The van der Waals surface area contributed by atoms with E-state index in [1.165, 1.54) is 7.11 Å². The minimum atomic E-state index is -0.504. The Morgan fingerprint density at radius 2 is 2.39 bits per heavy atom. The van der Waals surface area contributed by atoms with Crippen molar-refractivity contribution in [3.05, 3.63) is 34.3 Å². The normalized spacial score (nSPS) is 18.5. The first-order valence-corrected chi connectivity index (χ1v) is 6.29. The molecule has 0 spiro atoms. The highest BCUT2D eigenvalue weighted by Gasteiger charge is 2.27. The Bertz CT molecular complexity index is 490. The summed E-state index contributed by atoms with van der Waals surface area (Å²) < 4.78 is 5.59. The van der Waals surface area contributed by atoms with Crippen molar-refractivity contribution in [3.63, 3.8) is 0 Å². The molecular weight excluding hydrogens is 298 g/mol. The number of rotatable bonds is 1. The molecule has 1 aromatic carbocycles. The van der Waals surface area contributed by atoms with Crippen LogP contribution in [0.2, 0.25) is 0 Å². The van der Waals surface area contributed by atoms with Gasteiger partial charge in [-0.05, 0) is 17.7 Å². The molecule has 1 unspecified atom stereocenters. The molecule has 0 aromatic heterocycles. The third-order valence-corrected chi connectivity index (χ3v) is 3.34. The van der Waals surface area contributed by atoms with Crippen LogP contribution in [-0.4, -0.2) is 37.7 Å². The highest BCUT2D eigenvalue weighted by Crippen LogP contribution is 2.26. The van der Waals surface area contributed by atoms with Gasteiger partial charge >= 0.3 is 6.09 Å². The van der Waals surface area contributed by atoms with Crippen molar-refractivity contribution >= 4 is 28.0 Å². The molecule has 1 atom stereocenters. The molecule has 18 heavy (non-hydrogen) atoms. The SMILES string of the molecule is COC(=O)NC1=NCC(c2cccc(Br)c2)N1C. The molecule has 1 aliphatic rings. The number of carbonyl (C=O) groups is 1. The monoisotopic (exact) mass is 311 g/mol. The number of amides is 1. The molecule has 5 nitrogen and oxygen atoms in total. The molecule has 1 amide bonds. The summed E-state index contributed by atoms with van der Waals surface area (Å²) in [7, 11) is 3.23. The highest BCUT2D eigenvalue weighted by atomic mass is 79.9. The van der Waals surface area contributed by atoms with Gasteiger partial charge in [0.15, 0.2) is 0 Å². The third-order valence-electron chi connectivity index (χ3n) is 2.85. The number of ether oxygens (including phenoxy) is 1. The van der Waals surface area contributed by atoms with Crippen molar-refractivity contribution < 1.29 is 9.53 Å². The number of carbonyl (C=O) groups excluding carboxylic acids is 1. The number of guanidine groups is 1. The maximum absolute atomic E-state index is 11.2. The van der Waals surface area contributed by atoms with E-state index >= 15 is 0 Å². The molecular formula is C12H14BrN3O2. The predicted molar refractivity (Wildman–Crippen MR) is 72.5 cm³/mol. The van der Waals surface area contributed by atoms with E-state index in [4.69, 9.17) is 0 Å². The van der Waals surface area contributed by atoms with Crippen molar-refractivity contribution in [1.82, 2.24) is 10.2 Å². The van der Waals surface area contributed by atoms with Gasteiger partial charge in [0.05, 0.1) is 19.7 Å². The number of likely N-dealkylation sites (N-methyl/N-ethyl adjacent to an activating group) is 1. The van der Waals surface area contributed by atoms with Gasteiger partial charge in [-0.1, -0.05) is 28.1 Å². The average Bonchev–Trinajstić information content (AvgIpc) is 2.71. The van der Waals surface area contributed by atoms with Crippen LogP contribution in [0.15, 0.2) is 33.7 Å². The number of alkyl carbamates (subject to hydrolysis) is 1. The molecule has 0 fully saturated rings. The van der Waals surface area contributed by atoms with Crippen molar-refractivity contribution in [3.8, 4) is 0 Å². The van der Waals surface area contributed by atoms with Crippen LogP contribution in [0.1, 0.15) is 11.6 Å². The van der Waals surface area contributed by atoms with E-state index in [0.717, 1.165) is 10.0 Å². The fraction of sp³-hybridized carbons (Fsp3) is 0.333. The first-order valence-electron chi connectivity index (χ1n) is 5.49. The number of aliphatic imine (C=N–C) groups is 1. The first kappa shape index (κ1) is 12.9. The molecule has 0 aliphatic carbocycles. The molecule has 6 heteroatoms. The van der Waals surface area contributed by atoms with Gasteiger partial charge in [-0.3, -0.25) is 10.3 Å². The minimum absolute atomic E-state index is 0.134. The topological polar surface area (TPSA) is 53.9 Å². The van der Waals surface area contributed by atoms with E-state index in [2.05, 4.69) is 37.0 Å². The molecule has 0 bridgehead atoms. The third kappa shape index (κ3) is 2.64. The van der Waals surface area contributed by atoms with E-state index < -0.39 is 6.09 Å². The number of benzene rings is 1. The van der Waals surface area contributed by atoms with Crippen LogP contribution in [0.25, 0.3) is 0 Å². The van der Waals surface area contributed by atoms with E-state index in [1.807, 2.05) is 30.1 Å². The van der Waals surface area contributed by atoms with Crippen molar-refractivity contribution in [2.75, 3.05) is 20.7 Å². The van der Waals surface area contributed by atoms with Crippen molar-refractivity contribution in [2.24, 2.45) is 4.99 Å². The van der Waals surface area contributed by atoms with Crippen molar-refractivity contribution in [1.29, 1.82) is 0 Å². The molecule has 1 heterocycles. The average molecular weight is 312 g/mol. The zero-order valence-electron chi connectivity index (χ0n) is 10.2. The van der Waals surface area contributed by atoms with Gasteiger partial charge in [0.25, 0.3) is 0 Å². The quantitative estimate of drug-likeness (QED) is 0.864. The Kier molecular flexibility index (Phi) is 3.86. The van der Waals surface area contributed by atoms with Crippen LogP contribution in [0, 0.1) is 0 Å². The number of halogens is 1. The number of methoxy groups -OCH3 is 1. The van der Waals surface area contributed by atoms with Crippen LogP contribution in [-0.2, 0) is 4.74 Å². The Labute approximate surface area is 114 Å². The molecule has 1 N–H and O–H groups in total. The van der Waals surface area contributed by atoms with Gasteiger partial charge in [0, 0.05) is 11.5 Å². The number of hydrogen-bond acceptors (Lipinski definition) is 4. The lowest BCUT2D eigenvalue weighted by molar-refractivity contribution is 0.175. The second kappa shape index (κ2) is 5.39. The van der Waals surface area contributed by atoms with Gasteiger partial charge in [-0.15, -0.1) is 0 Å². The summed E-state index contributed by atoms with van der Waals surface area (Å²) in [6, 6.07) is 8.20. The zero-order valence-corrected chi connectivity index (χ0v) is 11.8. The second-order valence-electron chi connectivity index (χ2n) is 3.96. The summed E-state index contributed by atoms with van der Waals surface area (Å²) in [5.74, 6) is 0.534. The lowest BCUT2D eigenvalue weighted by atomic mass is 10.1. The maximum Gasteiger partial charge on any atom is 0.413 e. The Balaban J connectivity index is 2.10. The number of hydrogen-bond donors (Lipinski definition) is 1. The lowest BCUT2D eigenvalue weighted by Gasteiger charge is -2.23. The molecule has 96 valence electrons. The standard InChI is InChI=1S/C12H14BrN3O2/c1-16-10(8-4-3-5-9(13)6-8)7-14-11(16)15-12(17)18-2/h3-6,10H,7H2,1-2H3,(H,14,15,17). The lowest BCUT2D eigenvalue weighted by Crippen LogP contribution is -2.40. The summed E-state index contributed by atoms with van der Waals surface area (Å²) in [6.45, 7) is 0.617. The number of nitrogens with one attached hydrogen (secondary N) is 1. The summed E-state index contributed by atoms with van der Waals surface area (Å²) in [5, 5.41) is 2.60. The van der Waals surface area contributed by atoms with E-state index in [-0.39, 0.29) is 6.04 Å². The van der Waals surface area contributed by atoms with Crippen LogP contribution < -0.4 is 5.32 Å². The maximum atomic E-state index is 11.2. The molecule has 1 aromatic rings. The smallest absolute Gasteiger partial charge is 0.413 e.